The molecule has 0 unspecified atom stereocenters. The average Bonchev–Trinajstić information content (AvgIpc) is 2.41. The van der Waals surface area contributed by atoms with Crippen molar-refractivity contribution in [3.63, 3.8) is 0 Å². The maximum Gasteiger partial charge on any atom is 0.283 e. The van der Waals surface area contributed by atoms with Gasteiger partial charge in [0.25, 0.3) is 5.69 Å². The highest BCUT2D eigenvalue weighted by Crippen LogP contribution is 2.30. The summed E-state index contributed by atoms with van der Waals surface area (Å²) in [6.07, 6.45) is 0. The van der Waals surface area contributed by atoms with Crippen molar-refractivity contribution in [1.29, 1.82) is 0 Å². The molecule has 0 radical (unpaired) electrons. The lowest BCUT2D eigenvalue weighted by molar-refractivity contribution is -0.385. The SMILES string of the molecule is Cc1ccc(Cl)cc1OCc1cccc([N+](=O)[O-])c1Br. The average molecular weight is 357 g/mol. The maximum atomic E-state index is 10.9. The first kappa shape index (κ1) is 14.8. The van der Waals surface area contributed by atoms with E-state index in [0.717, 1.165) is 5.56 Å². The van der Waals surface area contributed by atoms with Crippen molar-refractivity contribution in [1.82, 2.24) is 0 Å². The highest BCUT2D eigenvalue weighted by Gasteiger charge is 2.15. The fourth-order valence-electron chi connectivity index (χ4n) is 1.70. The van der Waals surface area contributed by atoms with Crippen LogP contribution < -0.4 is 4.74 Å². The normalized spacial score (nSPS) is 10.3. The van der Waals surface area contributed by atoms with Gasteiger partial charge in [-0.25, -0.2) is 0 Å². The maximum absolute atomic E-state index is 10.9. The van der Waals surface area contributed by atoms with E-state index in [1.165, 1.54) is 6.07 Å². The molecule has 0 aliphatic rings. The fourth-order valence-corrected chi connectivity index (χ4v) is 2.39. The first-order valence-electron chi connectivity index (χ1n) is 5.80. The summed E-state index contributed by atoms with van der Waals surface area (Å²) in [6, 6.07) is 10.2. The first-order valence-corrected chi connectivity index (χ1v) is 6.97. The highest BCUT2D eigenvalue weighted by atomic mass is 79.9. The largest absolute Gasteiger partial charge is 0.489 e. The number of hydrogen-bond donors (Lipinski definition) is 0. The molecular formula is C14H11BrClNO3. The van der Waals surface area contributed by atoms with E-state index in [-0.39, 0.29) is 12.3 Å². The number of benzene rings is 2. The molecule has 0 aliphatic heterocycles. The summed E-state index contributed by atoms with van der Waals surface area (Å²) in [6.45, 7) is 2.14. The summed E-state index contributed by atoms with van der Waals surface area (Å²) in [4.78, 5) is 10.4. The van der Waals surface area contributed by atoms with Gasteiger partial charge in [-0.1, -0.05) is 29.8 Å². The minimum atomic E-state index is -0.432. The summed E-state index contributed by atoms with van der Waals surface area (Å²) < 4.78 is 6.12. The van der Waals surface area contributed by atoms with E-state index in [2.05, 4.69) is 15.9 Å². The molecule has 0 saturated carbocycles. The second kappa shape index (κ2) is 6.24. The van der Waals surface area contributed by atoms with Crippen molar-refractivity contribution in [3.8, 4) is 5.75 Å². The van der Waals surface area contributed by atoms with Crippen molar-refractivity contribution in [2.24, 2.45) is 0 Å². The van der Waals surface area contributed by atoms with Crippen molar-refractivity contribution < 1.29 is 9.66 Å². The van der Waals surface area contributed by atoms with Crippen LogP contribution in [0.15, 0.2) is 40.9 Å². The van der Waals surface area contributed by atoms with Gasteiger partial charge >= 0.3 is 0 Å². The molecule has 20 heavy (non-hydrogen) atoms. The summed E-state index contributed by atoms with van der Waals surface area (Å²) in [5.74, 6) is 0.663. The number of nitrogens with zero attached hydrogens (tertiary/aromatic N) is 1. The van der Waals surface area contributed by atoms with Crippen LogP contribution in [0.5, 0.6) is 5.75 Å². The zero-order chi connectivity index (χ0) is 14.7. The molecule has 104 valence electrons. The Kier molecular flexibility index (Phi) is 4.62. The summed E-state index contributed by atoms with van der Waals surface area (Å²) >= 11 is 9.16. The standard InChI is InChI=1S/C14H11BrClNO3/c1-9-5-6-11(16)7-13(9)20-8-10-3-2-4-12(14(10)15)17(18)19/h2-7H,8H2,1H3. The zero-order valence-electron chi connectivity index (χ0n) is 10.6. The molecule has 0 saturated heterocycles. The van der Waals surface area contributed by atoms with Gasteiger partial charge in [0.15, 0.2) is 0 Å². The Balaban J connectivity index is 2.21. The van der Waals surface area contributed by atoms with Crippen molar-refractivity contribution in [2.75, 3.05) is 0 Å². The number of halogens is 2. The molecule has 0 atom stereocenters. The zero-order valence-corrected chi connectivity index (χ0v) is 12.9. The van der Waals surface area contributed by atoms with Gasteiger partial charge in [-0.2, -0.15) is 0 Å². The van der Waals surface area contributed by atoms with Gasteiger partial charge < -0.3 is 4.74 Å². The molecule has 0 aromatic heterocycles. The third kappa shape index (κ3) is 3.29. The van der Waals surface area contributed by atoms with Crippen LogP contribution in [0, 0.1) is 17.0 Å². The van der Waals surface area contributed by atoms with Crippen LogP contribution in [0.2, 0.25) is 5.02 Å². The molecular weight excluding hydrogens is 346 g/mol. The van der Waals surface area contributed by atoms with Gasteiger partial charge in [-0.15, -0.1) is 0 Å². The highest BCUT2D eigenvalue weighted by molar-refractivity contribution is 9.10. The van der Waals surface area contributed by atoms with Gasteiger partial charge in [-0.05, 0) is 40.5 Å². The lowest BCUT2D eigenvalue weighted by Gasteiger charge is -2.10. The van der Waals surface area contributed by atoms with Crippen LogP contribution in [-0.4, -0.2) is 4.92 Å². The number of nitro benzene ring substituents is 1. The summed E-state index contributed by atoms with van der Waals surface area (Å²) in [5.41, 5.74) is 1.68. The Bertz CT molecular complexity index is 661. The Morgan fingerprint density at radius 3 is 2.80 bits per heavy atom. The molecule has 0 heterocycles. The third-order valence-corrected chi connectivity index (χ3v) is 3.94. The topological polar surface area (TPSA) is 52.4 Å². The van der Waals surface area contributed by atoms with Gasteiger partial charge in [0.2, 0.25) is 0 Å². The van der Waals surface area contributed by atoms with E-state index in [9.17, 15) is 10.1 Å². The van der Waals surface area contributed by atoms with Crippen molar-refractivity contribution >= 4 is 33.2 Å². The number of aryl methyl sites for hydroxylation is 1. The molecule has 0 N–H and O–H groups in total. The number of rotatable bonds is 4. The molecule has 0 amide bonds. The van der Waals surface area contributed by atoms with Crippen molar-refractivity contribution in [3.05, 3.63) is 67.1 Å². The lowest BCUT2D eigenvalue weighted by atomic mass is 10.2. The quantitative estimate of drug-likeness (QED) is 0.578. The molecule has 0 aliphatic carbocycles. The molecule has 6 heteroatoms. The minimum Gasteiger partial charge on any atom is -0.489 e. The predicted molar refractivity (Wildman–Crippen MR) is 81.3 cm³/mol. The smallest absolute Gasteiger partial charge is 0.283 e. The lowest BCUT2D eigenvalue weighted by Crippen LogP contribution is -2.00. The molecule has 2 rings (SSSR count). The predicted octanol–water partition coefficient (Wildman–Crippen LogP) is 4.90. The van der Waals surface area contributed by atoms with Crippen LogP contribution in [0.1, 0.15) is 11.1 Å². The second-order valence-corrected chi connectivity index (χ2v) is 5.44. The van der Waals surface area contributed by atoms with E-state index in [4.69, 9.17) is 16.3 Å². The van der Waals surface area contributed by atoms with Gasteiger partial charge in [-0.3, -0.25) is 10.1 Å². The van der Waals surface area contributed by atoms with Gasteiger partial charge in [0.05, 0.1) is 4.92 Å². The van der Waals surface area contributed by atoms with Crippen molar-refractivity contribution in [2.45, 2.75) is 13.5 Å². The van der Waals surface area contributed by atoms with E-state index in [0.29, 0.717) is 20.8 Å². The van der Waals surface area contributed by atoms with Crippen LogP contribution in [0.4, 0.5) is 5.69 Å². The monoisotopic (exact) mass is 355 g/mol. The third-order valence-electron chi connectivity index (χ3n) is 2.79. The fraction of sp³-hybridized carbons (Fsp3) is 0.143. The molecule has 2 aromatic carbocycles. The second-order valence-electron chi connectivity index (χ2n) is 4.21. The number of hydrogen-bond acceptors (Lipinski definition) is 3. The van der Waals surface area contributed by atoms with Gasteiger partial charge in [0.1, 0.15) is 16.8 Å². The Hall–Kier alpha value is -1.59. The Morgan fingerprint density at radius 1 is 1.35 bits per heavy atom. The van der Waals surface area contributed by atoms with E-state index in [1.807, 2.05) is 13.0 Å². The van der Waals surface area contributed by atoms with Crippen LogP contribution in [-0.2, 0) is 6.61 Å². The van der Waals surface area contributed by atoms with E-state index in [1.54, 1.807) is 24.3 Å². The van der Waals surface area contributed by atoms with Crippen LogP contribution in [0.25, 0.3) is 0 Å². The summed E-state index contributed by atoms with van der Waals surface area (Å²) in [7, 11) is 0. The molecule has 0 bridgehead atoms. The summed E-state index contributed by atoms with van der Waals surface area (Å²) in [5, 5.41) is 11.5. The van der Waals surface area contributed by atoms with E-state index < -0.39 is 4.92 Å². The van der Waals surface area contributed by atoms with Crippen LogP contribution in [0.3, 0.4) is 0 Å². The molecule has 2 aromatic rings. The number of nitro groups is 1. The molecule has 0 fully saturated rings. The van der Waals surface area contributed by atoms with E-state index >= 15 is 0 Å². The van der Waals surface area contributed by atoms with Gasteiger partial charge in [0, 0.05) is 16.7 Å². The number of ether oxygens (including phenoxy) is 1. The molecule has 0 spiro atoms. The molecule has 4 nitrogen and oxygen atoms in total. The Morgan fingerprint density at radius 2 is 2.10 bits per heavy atom. The Labute approximate surface area is 129 Å². The van der Waals surface area contributed by atoms with Crippen LogP contribution >= 0.6 is 27.5 Å². The minimum absolute atomic E-state index is 0.0221. The first-order chi connectivity index (χ1) is 9.49.